The maximum atomic E-state index is 13.0. The summed E-state index contributed by atoms with van der Waals surface area (Å²) in [5.74, 6) is -0.413. The smallest absolute Gasteiger partial charge is 0.273 e. The summed E-state index contributed by atoms with van der Waals surface area (Å²) in [6.07, 6.45) is 0.386. The number of fused-ring (bicyclic) bond motifs is 1. The predicted molar refractivity (Wildman–Crippen MR) is 119 cm³/mol. The molecule has 156 valence electrons. The normalized spacial score (nSPS) is 10.7. The average molecular weight is 471 g/mol. The molecule has 0 aliphatic rings. The highest BCUT2D eigenvalue weighted by Crippen LogP contribution is 2.15. The van der Waals surface area contributed by atoms with Gasteiger partial charge in [-0.1, -0.05) is 46.3 Å². The Morgan fingerprint density at radius 3 is 2.53 bits per heavy atom. The van der Waals surface area contributed by atoms with Gasteiger partial charge in [0, 0.05) is 30.4 Å². The number of para-hydroxylation sites is 2. The van der Waals surface area contributed by atoms with Gasteiger partial charge in [0.05, 0.1) is 11.0 Å². The first-order valence-electron chi connectivity index (χ1n) is 9.75. The van der Waals surface area contributed by atoms with Crippen molar-refractivity contribution >= 4 is 38.8 Å². The van der Waals surface area contributed by atoms with Crippen molar-refractivity contribution in [1.82, 2.24) is 20.2 Å². The van der Waals surface area contributed by atoms with Crippen molar-refractivity contribution in [3.05, 3.63) is 74.6 Å². The molecule has 0 saturated heterocycles. The third-order valence-electron chi connectivity index (χ3n) is 4.62. The second-order valence-corrected chi connectivity index (χ2v) is 7.61. The van der Waals surface area contributed by atoms with Crippen LogP contribution in [0.5, 0.6) is 0 Å². The second kappa shape index (κ2) is 10.2. The first-order chi connectivity index (χ1) is 14.5. The van der Waals surface area contributed by atoms with Gasteiger partial charge >= 0.3 is 0 Å². The topological polar surface area (TPSA) is 93.1 Å². The maximum Gasteiger partial charge on any atom is 0.273 e. The quantitative estimate of drug-likeness (QED) is 0.528. The molecular weight excluding hydrogens is 448 g/mol. The molecule has 0 radical (unpaired) electrons. The van der Waals surface area contributed by atoms with E-state index in [2.05, 4.69) is 31.5 Å². The van der Waals surface area contributed by atoms with Gasteiger partial charge in [-0.25, -0.2) is 4.98 Å². The molecule has 1 aromatic heterocycles. The summed E-state index contributed by atoms with van der Waals surface area (Å²) >= 11 is 3.46. The minimum absolute atomic E-state index is 0.125. The molecule has 0 spiro atoms. The molecule has 3 aromatic rings. The van der Waals surface area contributed by atoms with E-state index in [4.69, 9.17) is 0 Å². The van der Waals surface area contributed by atoms with Crippen LogP contribution in [-0.4, -0.2) is 27.9 Å². The summed E-state index contributed by atoms with van der Waals surface area (Å²) in [6.45, 7) is 2.60. The highest BCUT2D eigenvalue weighted by atomic mass is 79.9. The molecule has 0 bridgehead atoms. The lowest BCUT2D eigenvalue weighted by atomic mass is 10.2. The molecule has 30 heavy (non-hydrogen) atoms. The third-order valence-corrected chi connectivity index (χ3v) is 5.39. The van der Waals surface area contributed by atoms with E-state index in [1.165, 1.54) is 4.57 Å². The number of carbonyl (C=O) groups is 2. The van der Waals surface area contributed by atoms with Gasteiger partial charge in [0.2, 0.25) is 11.8 Å². The third kappa shape index (κ3) is 5.33. The van der Waals surface area contributed by atoms with E-state index in [-0.39, 0.29) is 42.5 Å². The van der Waals surface area contributed by atoms with Gasteiger partial charge < -0.3 is 10.6 Å². The van der Waals surface area contributed by atoms with Crippen LogP contribution in [0.2, 0.25) is 0 Å². The van der Waals surface area contributed by atoms with Crippen LogP contribution in [0.3, 0.4) is 0 Å². The van der Waals surface area contributed by atoms with E-state index < -0.39 is 0 Å². The number of nitrogens with one attached hydrogen (secondary N) is 2. The van der Waals surface area contributed by atoms with E-state index in [9.17, 15) is 14.4 Å². The second-order valence-electron chi connectivity index (χ2n) is 6.76. The number of halogens is 1. The van der Waals surface area contributed by atoms with Crippen molar-refractivity contribution in [2.24, 2.45) is 0 Å². The zero-order valence-corrected chi connectivity index (χ0v) is 18.2. The summed E-state index contributed by atoms with van der Waals surface area (Å²) in [6, 6.07) is 14.8. The molecule has 2 amide bonds. The molecule has 3 rings (SSSR count). The lowest BCUT2D eigenvalue weighted by molar-refractivity contribution is -0.122. The average Bonchev–Trinajstić information content (AvgIpc) is 2.74. The number of carbonyl (C=O) groups excluding carboxylic acids is 2. The Hall–Kier alpha value is -3.00. The van der Waals surface area contributed by atoms with Crippen molar-refractivity contribution in [1.29, 1.82) is 0 Å². The first kappa shape index (κ1) is 21.7. The van der Waals surface area contributed by atoms with Gasteiger partial charge in [-0.3, -0.25) is 19.0 Å². The molecule has 7 nitrogen and oxygen atoms in total. The minimum atomic E-state index is -0.353. The number of hydrogen-bond donors (Lipinski definition) is 2. The number of hydrogen-bond acceptors (Lipinski definition) is 4. The fourth-order valence-corrected chi connectivity index (χ4v) is 3.54. The summed E-state index contributed by atoms with van der Waals surface area (Å²) < 4.78 is 2.33. The van der Waals surface area contributed by atoms with E-state index in [0.29, 0.717) is 24.1 Å². The maximum absolute atomic E-state index is 13.0. The molecule has 0 atom stereocenters. The number of aromatic nitrogens is 2. The van der Waals surface area contributed by atoms with Crippen molar-refractivity contribution in [3.8, 4) is 0 Å². The molecule has 2 aromatic carbocycles. The molecule has 0 aliphatic carbocycles. The van der Waals surface area contributed by atoms with Gasteiger partial charge in [-0.2, -0.15) is 0 Å². The Labute approximate surface area is 182 Å². The molecule has 1 heterocycles. The van der Waals surface area contributed by atoms with Crippen LogP contribution in [0.25, 0.3) is 11.0 Å². The van der Waals surface area contributed by atoms with Gasteiger partial charge in [0.25, 0.3) is 5.56 Å². The Balaban J connectivity index is 1.82. The lowest BCUT2D eigenvalue weighted by Crippen LogP contribution is -2.34. The molecule has 0 saturated carbocycles. The molecule has 0 unspecified atom stereocenters. The largest absolute Gasteiger partial charge is 0.356 e. The van der Waals surface area contributed by atoms with Crippen LogP contribution in [0.15, 0.2) is 57.8 Å². The van der Waals surface area contributed by atoms with E-state index in [1.54, 1.807) is 18.2 Å². The van der Waals surface area contributed by atoms with Crippen LogP contribution in [-0.2, 0) is 29.1 Å². The first-order valence-corrected chi connectivity index (χ1v) is 10.5. The highest BCUT2D eigenvalue weighted by molar-refractivity contribution is 9.10. The number of benzene rings is 2. The van der Waals surface area contributed by atoms with Gasteiger partial charge in [0.15, 0.2) is 0 Å². The standard InChI is InChI=1S/C22H23BrN4O3/c1-2-24-20(28)12-11-18-22(30)27(19-10-6-5-9-17(19)26-18)14-21(29)25-13-15-7-3-4-8-16(15)23/h3-10H,2,11-14H2,1H3,(H,24,28)(H,25,29). The number of nitrogens with zero attached hydrogens (tertiary/aromatic N) is 2. The molecule has 0 fully saturated rings. The van der Waals surface area contributed by atoms with Crippen molar-refractivity contribution in [3.63, 3.8) is 0 Å². The van der Waals surface area contributed by atoms with Crippen LogP contribution >= 0.6 is 15.9 Å². The fraction of sp³-hybridized carbons (Fsp3) is 0.273. The van der Waals surface area contributed by atoms with Crippen molar-refractivity contribution < 1.29 is 9.59 Å². The summed E-state index contributed by atoms with van der Waals surface area (Å²) in [5.41, 5.74) is 2.06. The van der Waals surface area contributed by atoms with E-state index >= 15 is 0 Å². The van der Waals surface area contributed by atoms with Gasteiger partial charge in [0.1, 0.15) is 12.2 Å². The van der Waals surface area contributed by atoms with Crippen LogP contribution in [0, 0.1) is 0 Å². The Bertz CT molecular complexity index is 1130. The minimum Gasteiger partial charge on any atom is -0.356 e. The monoisotopic (exact) mass is 470 g/mol. The highest BCUT2D eigenvalue weighted by Gasteiger charge is 2.15. The lowest BCUT2D eigenvalue weighted by Gasteiger charge is -2.13. The number of aryl methyl sites for hydroxylation is 1. The van der Waals surface area contributed by atoms with E-state index in [1.807, 2.05) is 37.3 Å². The summed E-state index contributed by atoms with van der Waals surface area (Å²) in [7, 11) is 0. The predicted octanol–water partition coefficient (Wildman–Crippen LogP) is 2.54. The Morgan fingerprint density at radius 1 is 1.03 bits per heavy atom. The fourth-order valence-electron chi connectivity index (χ4n) is 3.12. The molecule has 8 heteroatoms. The summed E-state index contributed by atoms with van der Waals surface area (Å²) in [4.78, 5) is 41.8. The number of amides is 2. The molecule has 2 N–H and O–H groups in total. The van der Waals surface area contributed by atoms with Crippen molar-refractivity contribution in [2.75, 3.05) is 6.54 Å². The SMILES string of the molecule is CCNC(=O)CCc1nc2ccccc2n(CC(=O)NCc2ccccc2Br)c1=O. The van der Waals surface area contributed by atoms with Crippen LogP contribution < -0.4 is 16.2 Å². The Morgan fingerprint density at radius 2 is 1.77 bits per heavy atom. The summed E-state index contributed by atoms with van der Waals surface area (Å²) in [5, 5.41) is 5.57. The number of rotatable bonds is 8. The van der Waals surface area contributed by atoms with Gasteiger partial charge in [-0.15, -0.1) is 0 Å². The zero-order valence-electron chi connectivity index (χ0n) is 16.7. The van der Waals surface area contributed by atoms with Gasteiger partial charge in [-0.05, 0) is 30.7 Å². The molecular formula is C22H23BrN4O3. The van der Waals surface area contributed by atoms with Crippen LogP contribution in [0.4, 0.5) is 0 Å². The zero-order chi connectivity index (χ0) is 21.5. The Kier molecular flexibility index (Phi) is 7.35. The van der Waals surface area contributed by atoms with E-state index in [0.717, 1.165) is 10.0 Å². The van der Waals surface area contributed by atoms with Crippen molar-refractivity contribution in [2.45, 2.75) is 32.9 Å². The molecule has 0 aliphatic heterocycles. The van der Waals surface area contributed by atoms with Crippen LogP contribution in [0.1, 0.15) is 24.6 Å².